The van der Waals surface area contributed by atoms with Crippen LogP contribution >= 0.6 is 0 Å². The van der Waals surface area contributed by atoms with Crippen molar-refractivity contribution in [3.63, 3.8) is 0 Å². The van der Waals surface area contributed by atoms with E-state index in [-0.39, 0.29) is 0 Å². The van der Waals surface area contributed by atoms with Gasteiger partial charge in [0.25, 0.3) is 5.91 Å². The number of carbonyl (C=O) groups is 2. The van der Waals surface area contributed by atoms with Gasteiger partial charge in [0.2, 0.25) is 0 Å². The highest BCUT2D eigenvalue weighted by Gasteiger charge is 2.16. The molecule has 0 saturated carbocycles. The van der Waals surface area contributed by atoms with E-state index in [0.29, 0.717) is 11.8 Å². The van der Waals surface area contributed by atoms with E-state index >= 15 is 0 Å². The molecule has 152 valence electrons. The fourth-order valence-electron chi connectivity index (χ4n) is 3.53. The molecular weight excluding hydrogens is 390 g/mol. The van der Waals surface area contributed by atoms with Gasteiger partial charge in [-0.25, -0.2) is 13.6 Å². The highest BCUT2D eigenvalue weighted by atomic mass is 19.1. The topological polar surface area (TPSA) is 60.3 Å². The van der Waals surface area contributed by atoms with Gasteiger partial charge in [-0.15, -0.1) is 0 Å². The molecule has 4 aromatic rings. The van der Waals surface area contributed by atoms with Gasteiger partial charge >= 0.3 is 5.97 Å². The van der Waals surface area contributed by atoms with Gasteiger partial charge in [0.1, 0.15) is 11.6 Å². The van der Waals surface area contributed by atoms with Gasteiger partial charge < -0.3 is 14.6 Å². The van der Waals surface area contributed by atoms with E-state index in [1.807, 2.05) is 36.4 Å². The van der Waals surface area contributed by atoms with E-state index in [9.17, 15) is 18.4 Å². The minimum Gasteiger partial charge on any atom is -0.452 e. The zero-order valence-corrected chi connectivity index (χ0v) is 16.1. The molecule has 0 unspecified atom stereocenters. The number of hydrogen-bond acceptors (Lipinski definition) is 3. The van der Waals surface area contributed by atoms with Crippen LogP contribution in [0.5, 0.6) is 0 Å². The number of carbonyl (C=O) groups excluding carboxylic acids is 2. The largest absolute Gasteiger partial charge is 0.452 e. The predicted octanol–water partition coefficient (Wildman–Crippen LogP) is 4.89. The molecular formula is C23H18F2N2O3. The van der Waals surface area contributed by atoms with Gasteiger partial charge in [-0.1, -0.05) is 18.2 Å². The zero-order chi connectivity index (χ0) is 21.3. The van der Waals surface area contributed by atoms with Crippen molar-refractivity contribution < 1.29 is 23.1 Å². The maximum absolute atomic E-state index is 13.6. The van der Waals surface area contributed by atoms with Crippen molar-refractivity contribution in [3.05, 3.63) is 77.9 Å². The van der Waals surface area contributed by atoms with Crippen molar-refractivity contribution in [2.24, 2.45) is 0 Å². The first-order valence-electron chi connectivity index (χ1n) is 9.41. The fraction of sp³-hybridized carbons (Fsp3) is 0.130. The molecule has 0 radical (unpaired) electrons. The summed E-state index contributed by atoms with van der Waals surface area (Å²) in [6.07, 6.45) is 0. The molecule has 1 aromatic heterocycles. The molecule has 1 amide bonds. The molecule has 0 atom stereocenters. The van der Waals surface area contributed by atoms with Crippen molar-refractivity contribution in [2.75, 3.05) is 11.9 Å². The molecule has 3 aromatic carbocycles. The van der Waals surface area contributed by atoms with Crippen molar-refractivity contribution in [1.82, 2.24) is 4.57 Å². The van der Waals surface area contributed by atoms with Crippen LogP contribution in [-0.2, 0) is 16.1 Å². The maximum atomic E-state index is 13.6. The zero-order valence-electron chi connectivity index (χ0n) is 16.1. The number of rotatable bonds is 5. The predicted molar refractivity (Wildman–Crippen MR) is 110 cm³/mol. The summed E-state index contributed by atoms with van der Waals surface area (Å²) in [6, 6.07) is 16.1. The van der Waals surface area contributed by atoms with Gasteiger partial charge in [-0.05, 0) is 43.3 Å². The number of halogens is 2. The summed E-state index contributed by atoms with van der Waals surface area (Å²) in [4.78, 5) is 24.1. The number of esters is 1. The average Bonchev–Trinajstić information content (AvgIpc) is 3.05. The molecule has 0 saturated heterocycles. The van der Waals surface area contributed by atoms with E-state index in [1.54, 1.807) is 6.07 Å². The Labute approximate surface area is 170 Å². The number of nitrogens with zero attached hydrogens (tertiary/aromatic N) is 1. The van der Waals surface area contributed by atoms with Gasteiger partial charge in [0.15, 0.2) is 6.61 Å². The van der Waals surface area contributed by atoms with Crippen LogP contribution in [0.4, 0.5) is 14.5 Å². The number of ether oxygens (including phenoxy) is 1. The van der Waals surface area contributed by atoms with E-state index in [2.05, 4.69) is 16.8 Å². The SMILES string of the molecule is CCn1c2ccccc2c2cc(NC(=O)COC(=O)c3ccc(F)cc3F)ccc21. The quantitative estimate of drug-likeness (QED) is 0.479. The molecule has 0 aliphatic rings. The summed E-state index contributed by atoms with van der Waals surface area (Å²) < 4.78 is 33.6. The standard InChI is InChI=1S/C23H18F2N2O3/c1-2-27-20-6-4-3-5-16(20)18-12-15(8-10-21(18)27)26-22(28)13-30-23(29)17-9-7-14(24)11-19(17)25/h3-12H,2,13H2,1H3,(H,26,28). The number of amides is 1. The van der Waals surface area contributed by atoms with E-state index in [0.717, 1.165) is 40.5 Å². The van der Waals surface area contributed by atoms with Gasteiger partial charge in [-0.3, -0.25) is 4.79 Å². The second-order valence-electron chi connectivity index (χ2n) is 6.74. The highest BCUT2D eigenvalue weighted by Crippen LogP contribution is 2.30. The number of fused-ring (bicyclic) bond motifs is 3. The van der Waals surface area contributed by atoms with Crippen LogP contribution < -0.4 is 5.32 Å². The van der Waals surface area contributed by atoms with Crippen LogP contribution in [0.15, 0.2) is 60.7 Å². The molecule has 5 nitrogen and oxygen atoms in total. The monoisotopic (exact) mass is 408 g/mol. The summed E-state index contributed by atoms with van der Waals surface area (Å²) in [7, 11) is 0. The second kappa shape index (κ2) is 7.94. The maximum Gasteiger partial charge on any atom is 0.341 e. The average molecular weight is 408 g/mol. The Bertz CT molecular complexity index is 1280. The van der Waals surface area contributed by atoms with Gasteiger partial charge in [0, 0.05) is 40.1 Å². The Morgan fingerprint density at radius 2 is 1.73 bits per heavy atom. The molecule has 0 bridgehead atoms. The number of nitrogens with one attached hydrogen (secondary N) is 1. The number of anilines is 1. The third kappa shape index (κ3) is 3.61. The molecule has 1 heterocycles. The van der Waals surface area contributed by atoms with Crippen LogP contribution in [0.2, 0.25) is 0 Å². The first-order chi connectivity index (χ1) is 14.5. The number of benzene rings is 3. The normalized spacial score (nSPS) is 11.0. The summed E-state index contributed by atoms with van der Waals surface area (Å²) in [5.41, 5.74) is 2.28. The van der Waals surface area contributed by atoms with Crippen molar-refractivity contribution in [2.45, 2.75) is 13.5 Å². The van der Waals surface area contributed by atoms with Crippen molar-refractivity contribution >= 4 is 39.4 Å². The van der Waals surface area contributed by atoms with Crippen LogP contribution in [-0.4, -0.2) is 23.1 Å². The van der Waals surface area contributed by atoms with Crippen LogP contribution in [0.3, 0.4) is 0 Å². The molecule has 30 heavy (non-hydrogen) atoms. The minimum atomic E-state index is -1.04. The molecule has 0 spiro atoms. The Morgan fingerprint density at radius 1 is 0.967 bits per heavy atom. The molecule has 0 aliphatic carbocycles. The summed E-state index contributed by atoms with van der Waals surface area (Å²) in [5, 5.41) is 4.75. The lowest BCUT2D eigenvalue weighted by Crippen LogP contribution is -2.21. The summed E-state index contributed by atoms with van der Waals surface area (Å²) in [6.45, 7) is 2.29. The molecule has 0 aliphatic heterocycles. The second-order valence-corrected chi connectivity index (χ2v) is 6.74. The summed E-state index contributed by atoms with van der Waals surface area (Å²) in [5.74, 6) is -3.45. The van der Waals surface area contributed by atoms with Crippen molar-refractivity contribution in [3.8, 4) is 0 Å². The molecule has 7 heteroatoms. The number of aryl methyl sites for hydroxylation is 1. The first kappa shape index (κ1) is 19.6. The Hall–Kier alpha value is -3.74. The number of aromatic nitrogens is 1. The van der Waals surface area contributed by atoms with Gasteiger partial charge in [-0.2, -0.15) is 0 Å². The smallest absolute Gasteiger partial charge is 0.341 e. The van der Waals surface area contributed by atoms with Crippen LogP contribution in [0.25, 0.3) is 21.8 Å². The van der Waals surface area contributed by atoms with Gasteiger partial charge in [0.05, 0.1) is 5.56 Å². The number of hydrogen-bond donors (Lipinski definition) is 1. The van der Waals surface area contributed by atoms with Crippen LogP contribution in [0.1, 0.15) is 17.3 Å². The summed E-state index contributed by atoms with van der Waals surface area (Å²) >= 11 is 0. The number of para-hydroxylation sites is 1. The third-order valence-corrected chi connectivity index (χ3v) is 4.86. The lowest BCUT2D eigenvalue weighted by Gasteiger charge is -2.08. The lowest BCUT2D eigenvalue weighted by atomic mass is 10.1. The van der Waals surface area contributed by atoms with E-state index in [4.69, 9.17) is 4.74 Å². The first-order valence-corrected chi connectivity index (χ1v) is 9.41. The fourth-order valence-corrected chi connectivity index (χ4v) is 3.53. The highest BCUT2D eigenvalue weighted by molar-refractivity contribution is 6.10. The van der Waals surface area contributed by atoms with Crippen molar-refractivity contribution in [1.29, 1.82) is 0 Å². The lowest BCUT2D eigenvalue weighted by molar-refractivity contribution is -0.119. The molecule has 0 fully saturated rings. The minimum absolute atomic E-state index is 0.432. The molecule has 4 rings (SSSR count). The van der Waals surface area contributed by atoms with E-state index in [1.165, 1.54) is 0 Å². The Kier molecular flexibility index (Phi) is 5.18. The third-order valence-electron chi connectivity index (χ3n) is 4.86. The molecule has 1 N–H and O–H groups in total. The van der Waals surface area contributed by atoms with Crippen LogP contribution in [0, 0.1) is 11.6 Å². The Balaban J connectivity index is 1.49. The van der Waals surface area contributed by atoms with E-state index < -0.39 is 35.7 Å². The Morgan fingerprint density at radius 3 is 2.50 bits per heavy atom.